The van der Waals surface area contributed by atoms with Crippen LogP contribution in [0.3, 0.4) is 0 Å². The molecule has 1 aliphatic heterocycles. The summed E-state index contributed by atoms with van der Waals surface area (Å²) < 4.78 is 12.9. The van der Waals surface area contributed by atoms with Gasteiger partial charge in [0.15, 0.2) is 0 Å². The molecule has 2 rings (SSSR count). The van der Waals surface area contributed by atoms with Gasteiger partial charge in [-0.1, -0.05) is 12.1 Å². The predicted octanol–water partition coefficient (Wildman–Crippen LogP) is 2.57. The molecular formula is C14H20INO2. The average molecular weight is 361 g/mol. The maximum absolute atomic E-state index is 5.94. The Morgan fingerprint density at radius 1 is 1.39 bits per heavy atom. The summed E-state index contributed by atoms with van der Waals surface area (Å²) in [5, 5.41) is 3.38. The van der Waals surface area contributed by atoms with Gasteiger partial charge in [-0.05, 0) is 54.1 Å². The lowest BCUT2D eigenvalue weighted by Gasteiger charge is -2.36. The minimum Gasteiger partial charge on any atom is -0.374 e. The van der Waals surface area contributed by atoms with Crippen LogP contribution in [0.1, 0.15) is 19.4 Å². The van der Waals surface area contributed by atoms with Crippen molar-refractivity contribution in [3.8, 4) is 0 Å². The van der Waals surface area contributed by atoms with E-state index in [1.807, 2.05) is 0 Å². The van der Waals surface area contributed by atoms with Crippen LogP contribution in [-0.2, 0) is 16.1 Å². The maximum Gasteiger partial charge on any atom is 0.0940 e. The van der Waals surface area contributed by atoms with Gasteiger partial charge < -0.3 is 14.8 Å². The molecule has 18 heavy (non-hydrogen) atoms. The first-order valence-corrected chi connectivity index (χ1v) is 7.34. The van der Waals surface area contributed by atoms with Gasteiger partial charge in [0.05, 0.1) is 24.9 Å². The molecule has 1 N–H and O–H groups in total. The van der Waals surface area contributed by atoms with E-state index in [0.29, 0.717) is 13.2 Å². The zero-order valence-electron chi connectivity index (χ0n) is 10.9. The summed E-state index contributed by atoms with van der Waals surface area (Å²) in [6.45, 7) is 7.27. The van der Waals surface area contributed by atoms with E-state index < -0.39 is 0 Å². The van der Waals surface area contributed by atoms with Crippen molar-refractivity contribution in [1.82, 2.24) is 5.32 Å². The summed E-state index contributed by atoms with van der Waals surface area (Å²) >= 11 is 2.30. The van der Waals surface area contributed by atoms with E-state index in [0.717, 1.165) is 13.1 Å². The lowest BCUT2D eigenvalue weighted by Crippen LogP contribution is -2.51. The highest BCUT2D eigenvalue weighted by Crippen LogP contribution is 2.16. The Morgan fingerprint density at radius 2 is 2.11 bits per heavy atom. The molecule has 1 aliphatic rings. The molecule has 1 heterocycles. The molecule has 1 atom stereocenters. The normalized spacial score (nSPS) is 22.9. The average Bonchev–Trinajstić information content (AvgIpc) is 2.30. The Balaban J connectivity index is 1.73. The first-order valence-electron chi connectivity index (χ1n) is 6.26. The van der Waals surface area contributed by atoms with E-state index >= 15 is 0 Å². The topological polar surface area (TPSA) is 30.5 Å². The van der Waals surface area contributed by atoms with Crippen LogP contribution in [0.2, 0.25) is 0 Å². The highest BCUT2D eigenvalue weighted by Gasteiger charge is 2.28. The first-order chi connectivity index (χ1) is 8.55. The van der Waals surface area contributed by atoms with E-state index in [-0.39, 0.29) is 11.7 Å². The van der Waals surface area contributed by atoms with Gasteiger partial charge in [0, 0.05) is 16.7 Å². The van der Waals surface area contributed by atoms with Crippen LogP contribution in [0.4, 0.5) is 0 Å². The van der Waals surface area contributed by atoms with Crippen molar-refractivity contribution in [3.05, 3.63) is 33.4 Å². The van der Waals surface area contributed by atoms with E-state index in [4.69, 9.17) is 9.47 Å². The second kappa shape index (κ2) is 6.32. The zero-order chi connectivity index (χ0) is 13.0. The summed E-state index contributed by atoms with van der Waals surface area (Å²) in [4.78, 5) is 0. The van der Waals surface area contributed by atoms with Crippen LogP contribution >= 0.6 is 22.6 Å². The van der Waals surface area contributed by atoms with Crippen molar-refractivity contribution >= 4 is 22.6 Å². The van der Waals surface area contributed by atoms with Gasteiger partial charge in [-0.2, -0.15) is 0 Å². The minimum absolute atomic E-state index is 0.0882. The number of nitrogens with one attached hydrogen (secondary N) is 1. The van der Waals surface area contributed by atoms with Gasteiger partial charge in [-0.3, -0.25) is 0 Å². The molecule has 1 aromatic rings. The van der Waals surface area contributed by atoms with Crippen LogP contribution in [0.15, 0.2) is 24.3 Å². The van der Waals surface area contributed by atoms with Crippen molar-refractivity contribution in [2.75, 3.05) is 19.7 Å². The van der Waals surface area contributed by atoms with Crippen molar-refractivity contribution in [3.63, 3.8) is 0 Å². The van der Waals surface area contributed by atoms with Crippen molar-refractivity contribution < 1.29 is 9.47 Å². The lowest BCUT2D eigenvalue weighted by atomic mass is 10.1. The molecule has 4 heteroatoms. The first kappa shape index (κ1) is 14.2. The van der Waals surface area contributed by atoms with Crippen molar-refractivity contribution in [1.29, 1.82) is 0 Å². The Hall–Kier alpha value is -0.170. The van der Waals surface area contributed by atoms with Crippen LogP contribution in [0.25, 0.3) is 0 Å². The van der Waals surface area contributed by atoms with Gasteiger partial charge in [0.1, 0.15) is 0 Å². The quantitative estimate of drug-likeness (QED) is 0.837. The monoisotopic (exact) mass is 361 g/mol. The number of halogens is 1. The Morgan fingerprint density at radius 3 is 2.78 bits per heavy atom. The third kappa shape index (κ3) is 4.50. The van der Waals surface area contributed by atoms with E-state index in [1.54, 1.807) is 0 Å². The molecule has 0 bridgehead atoms. The molecule has 0 aromatic heterocycles. The lowest BCUT2D eigenvalue weighted by molar-refractivity contribution is -0.122. The molecule has 1 fully saturated rings. The fourth-order valence-electron chi connectivity index (χ4n) is 2.05. The second-order valence-electron chi connectivity index (χ2n) is 5.27. The number of benzene rings is 1. The second-order valence-corrected chi connectivity index (χ2v) is 6.52. The van der Waals surface area contributed by atoms with Gasteiger partial charge >= 0.3 is 0 Å². The Kier molecular flexibility index (Phi) is 5.00. The molecule has 0 aliphatic carbocycles. The summed E-state index contributed by atoms with van der Waals surface area (Å²) in [5.41, 5.74) is 1.12. The number of ether oxygens (including phenoxy) is 2. The predicted molar refractivity (Wildman–Crippen MR) is 80.6 cm³/mol. The number of hydrogen-bond acceptors (Lipinski definition) is 3. The van der Waals surface area contributed by atoms with Crippen molar-refractivity contribution in [2.24, 2.45) is 0 Å². The Labute approximate surface area is 122 Å². The van der Waals surface area contributed by atoms with E-state index in [1.165, 1.54) is 9.13 Å². The molecular weight excluding hydrogens is 341 g/mol. The summed E-state index contributed by atoms with van der Waals surface area (Å²) in [6.07, 6.45) is 0.151. The maximum atomic E-state index is 5.94. The molecule has 1 saturated heterocycles. The molecule has 0 spiro atoms. The molecule has 0 radical (unpaired) electrons. The van der Waals surface area contributed by atoms with E-state index in [2.05, 4.69) is 66.0 Å². The fraction of sp³-hybridized carbons (Fsp3) is 0.571. The highest BCUT2D eigenvalue weighted by molar-refractivity contribution is 14.1. The molecule has 1 unspecified atom stereocenters. The molecule has 3 nitrogen and oxygen atoms in total. The third-order valence-corrected chi connectivity index (χ3v) is 3.61. The van der Waals surface area contributed by atoms with Crippen LogP contribution < -0.4 is 5.32 Å². The van der Waals surface area contributed by atoms with Gasteiger partial charge in [0.2, 0.25) is 0 Å². The zero-order valence-corrected chi connectivity index (χ0v) is 13.1. The van der Waals surface area contributed by atoms with Gasteiger partial charge in [-0.25, -0.2) is 0 Å². The largest absolute Gasteiger partial charge is 0.374 e. The highest BCUT2D eigenvalue weighted by atomic mass is 127. The number of hydrogen-bond donors (Lipinski definition) is 1. The molecule has 1 aromatic carbocycles. The third-order valence-electron chi connectivity index (χ3n) is 2.89. The van der Waals surface area contributed by atoms with Crippen LogP contribution in [-0.4, -0.2) is 31.4 Å². The number of morpholine rings is 1. The molecule has 100 valence electrons. The van der Waals surface area contributed by atoms with Gasteiger partial charge in [-0.15, -0.1) is 0 Å². The van der Waals surface area contributed by atoms with Crippen LogP contribution in [0.5, 0.6) is 0 Å². The summed E-state index contributed by atoms with van der Waals surface area (Å²) in [7, 11) is 0. The smallest absolute Gasteiger partial charge is 0.0940 e. The van der Waals surface area contributed by atoms with E-state index in [9.17, 15) is 0 Å². The van der Waals surface area contributed by atoms with Crippen molar-refractivity contribution in [2.45, 2.75) is 32.2 Å². The molecule has 0 saturated carbocycles. The van der Waals surface area contributed by atoms with Crippen LogP contribution in [0, 0.1) is 3.57 Å². The Bertz CT molecular complexity index is 378. The summed E-state index contributed by atoms with van der Waals surface area (Å²) in [6, 6.07) is 8.40. The molecule has 0 amide bonds. The minimum atomic E-state index is -0.0882. The van der Waals surface area contributed by atoms with Gasteiger partial charge in [0.25, 0.3) is 0 Å². The summed E-state index contributed by atoms with van der Waals surface area (Å²) in [5.74, 6) is 0. The SMILES string of the molecule is CC1(C)CNCC(COCc2ccc(I)cc2)O1. The standard InChI is InChI=1S/C14H20INO2/c1-14(2)10-16-7-13(18-14)9-17-8-11-3-5-12(15)6-4-11/h3-6,13,16H,7-10H2,1-2H3. The fourth-order valence-corrected chi connectivity index (χ4v) is 2.41. The number of rotatable bonds is 4.